The Morgan fingerprint density at radius 2 is 2.67 bits per heavy atom. The predicted molar refractivity (Wildman–Crippen MR) is 50.9 cm³/mol. The van der Waals surface area contributed by atoms with Crippen LogP contribution in [0, 0.1) is 5.92 Å². The molecule has 4 heteroatoms. The Morgan fingerprint density at radius 3 is 3.25 bits per heavy atom. The Labute approximate surface area is 80.3 Å². The monoisotopic (exact) mass is 229 g/mol. The van der Waals surface area contributed by atoms with Crippen LogP contribution in [0.4, 0.5) is 0 Å². The molecule has 1 aliphatic rings. The van der Waals surface area contributed by atoms with Crippen molar-refractivity contribution in [2.45, 2.75) is 13.0 Å². The van der Waals surface area contributed by atoms with Gasteiger partial charge in [-0.15, -0.1) is 0 Å². The zero-order valence-corrected chi connectivity index (χ0v) is 8.42. The first kappa shape index (κ1) is 8.26. The predicted octanol–water partition coefficient (Wildman–Crippen LogP) is 1.26. The van der Waals surface area contributed by atoms with Crippen LogP contribution in [0.2, 0.25) is 0 Å². The second-order valence-electron chi connectivity index (χ2n) is 3.19. The Morgan fingerprint density at radius 1 is 1.75 bits per heavy atom. The van der Waals surface area contributed by atoms with Gasteiger partial charge in [0.2, 0.25) is 0 Å². The summed E-state index contributed by atoms with van der Waals surface area (Å²) in [7, 11) is 0. The summed E-state index contributed by atoms with van der Waals surface area (Å²) in [6.45, 7) is 3.32. The fourth-order valence-corrected chi connectivity index (χ4v) is 1.92. The molecule has 0 bridgehead atoms. The molecular formula is C8H12BrN3. The number of hydrogen-bond donors (Lipinski definition) is 1. The Kier molecular flexibility index (Phi) is 2.46. The van der Waals surface area contributed by atoms with Crippen molar-refractivity contribution in [2.75, 3.05) is 13.1 Å². The van der Waals surface area contributed by atoms with Crippen molar-refractivity contribution < 1.29 is 0 Å². The quantitative estimate of drug-likeness (QED) is 0.828. The summed E-state index contributed by atoms with van der Waals surface area (Å²) in [6, 6.07) is 1.97. The minimum absolute atomic E-state index is 0.751. The third kappa shape index (κ3) is 1.69. The molecule has 66 valence electrons. The number of rotatable bonds is 2. The number of halogens is 1. The molecule has 1 fully saturated rings. The van der Waals surface area contributed by atoms with Crippen molar-refractivity contribution in [3.8, 4) is 0 Å². The van der Waals surface area contributed by atoms with Gasteiger partial charge in [-0.1, -0.05) is 0 Å². The van der Waals surface area contributed by atoms with Gasteiger partial charge in [0.25, 0.3) is 0 Å². The molecule has 0 radical (unpaired) electrons. The van der Waals surface area contributed by atoms with E-state index in [9.17, 15) is 0 Å². The van der Waals surface area contributed by atoms with Gasteiger partial charge in [0.05, 0.1) is 6.20 Å². The lowest BCUT2D eigenvalue weighted by Gasteiger charge is -2.08. The standard InChI is InChI=1S/C8H12BrN3/c9-8-2-4-11-12(8)6-7-1-3-10-5-7/h2,4,7,10H,1,3,5-6H2. The first-order valence-corrected chi connectivity index (χ1v) is 5.03. The lowest BCUT2D eigenvalue weighted by atomic mass is 10.1. The molecule has 1 aliphatic heterocycles. The minimum Gasteiger partial charge on any atom is -0.316 e. The van der Waals surface area contributed by atoms with E-state index in [0.717, 1.165) is 30.2 Å². The second-order valence-corrected chi connectivity index (χ2v) is 4.01. The maximum atomic E-state index is 4.22. The van der Waals surface area contributed by atoms with Gasteiger partial charge in [0.15, 0.2) is 0 Å². The van der Waals surface area contributed by atoms with Crippen molar-refractivity contribution in [3.05, 3.63) is 16.9 Å². The SMILES string of the molecule is Brc1ccnn1CC1CCNC1. The molecule has 2 heterocycles. The third-order valence-electron chi connectivity index (χ3n) is 2.26. The average molecular weight is 230 g/mol. The van der Waals surface area contributed by atoms with E-state index in [0.29, 0.717) is 0 Å². The summed E-state index contributed by atoms with van der Waals surface area (Å²) in [5.41, 5.74) is 0. The van der Waals surface area contributed by atoms with E-state index < -0.39 is 0 Å². The van der Waals surface area contributed by atoms with Gasteiger partial charge in [-0.25, -0.2) is 0 Å². The number of nitrogens with zero attached hydrogens (tertiary/aromatic N) is 2. The van der Waals surface area contributed by atoms with Crippen LogP contribution in [0.1, 0.15) is 6.42 Å². The molecule has 1 atom stereocenters. The molecule has 0 saturated carbocycles. The highest BCUT2D eigenvalue weighted by molar-refractivity contribution is 9.10. The Bertz CT molecular complexity index is 253. The largest absolute Gasteiger partial charge is 0.316 e. The summed E-state index contributed by atoms with van der Waals surface area (Å²) >= 11 is 3.45. The van der Waals surface area contributed by atoms with E-state index in [1.165, 1.54) is 6.42 Å². The lowest BCUT2D eigenvalue weighted by molar-refractivity contribution is 0.444. The summed E-state index contributed by atoms with van der Waals surface area (Å²) < 4.78 is 3.09. The fourth-order valence-electron chi connectivity index (χ4n) is 1.57. The summed E-state index contributed by atoms with van der Waals surface area (Å²) in [6.07, 6.45) is 3.10. The number of hydrogen-bond acceptors (Lipinski definition) is 2. The van der Waals surface area contributed by atoms with E-state index in [-0.39, 0.29) is 0 Å². The maximum absolute atomic E-state index is 4.22. The first-order valence-electron chi connectivity index (χ1n) is 4.24. The molecule has 0 aliphatic carbocycles. The van der Waals surface area contributed by atoms with Crippen LogP contribution in [-0.2, 0) is 6.54 Å². The second kappa shape index (κ2) is 3.58. The Hall–Kier alpha value is -0.350. The van der Waals surface area contributed by atoms with Gasteiger partial charge in [0, 0.05) is 6.54 Å². The minimum atomic E-state index is 0.751. The van der Waals surface area contributed by atoms with Gasteiger partial charge >= 0.3 is 0 Å². The third-order valence-corrected chi connectivity index (χ3v) is 2.93. The normalized spacial score (nSPS) is 23.2. The molecule has 0 aromatic carbocycles. The zero-order chi connectivity index (χ0) is 8.39. The first-order chi connectivity index (χ1) is 5.86. The van der Waals surface area contributed by atoms with E-state index in [2.05, 4.69) is 26.3 Å². The summed E-state index contributed by atoms with van der Waals surface area (Å²) in [4.78, 5) is 0. The fraction of sp³-hybridized carbons (Fsp3) is 0.625. The van der Waals surface area contributed by atoms with Crippen LogP contribution in [0.5, 0.6) is 0 Å². The number of nitrogens with one attached hydrogen (secondary N) is 1. The van der Waals surface area contributed by atoms with Crippen molar-refractivity contribution in [1.82, 2.24) is 15.1 Å². The Balaban J connectivity index is 1.98. The van der Waals surface area contributed by atoms with Crippen molar-refractivity contribution in [3.63, 3.8) is 0 Å². The molecule has 1 aromatic rings. The van der Waals surface area contributed by atoms with Crippen molar-refractivity contribution >= 4 is 15.9 Å². The van der Waals surface area contributed by atoms with Gasteiger partial charge in [-0.2, -0.15) is 5.10 Å². The molecule has 2 rings (SSSR count). The molecule has 1 N–H and O–H groups in total. The van der Waals surface area contributed by atoms with E-state index in [1.807, 2.05) is 16.9 Å². The van der Waals surface area contributed by atoms with Gasteiger partial charge < -0.3 is 5.32 Å². The average Bonchev–Trinajstić information content (AvgIpc) is 2.65. The van der Waals surface area contributed by atoms with Crippen LogP contribution >= 0.6 is 15.9 Å². The molecule has 1 aromatic heterocycles. The molecule has 1 saturated heterocycles. The van der Waals surface area contributed by atoms with E-state index in [1.54, 1.807) is 0 Å². The van der Waals surface area contributed by atoms with Crippen LogP contribution in [-0.4, -0.2) is 22.9 Å². The van der Waals surface area contributed by atoms with Crippen LogP contribution < -0.4 is 5.32 Å². The smallest absolute Gasteiger partial charge is 0.104 e. The van der Waals surface area contributed by atoms with Crippen LogP contribution in [0.15, 0.2) is 16.9 Å². The highest BCUT2D eigenvalue weighted by atomic mass is 79.9. The maximum Gasteiger partial charge on any atom is 0.104 e. The molecular weight excluding hydrogens is 218 g/mol. The zero-order valence-electron chi connectivity index (χ0n) is 6.83. The van der Waals surface area contributed by atoms with Crippen molar-refractivity contribution in [1.29, 1.82) is 0 Å². The molecule has 0 amide bonds. The summed E-state index contributed by atoms with van der Waals surface area (Å²) in [5.74, 6) is 0.751. The number of aromatic nitrogens is 2. The highest BCUT2D eigenvalue weighted by Gasteiger charge is 2.15. The van der Waals surface area contributed by atoms with Crippen molar-refractivity contribution in [2.24, 2.45) is 5.92 Å². The van der Waals surface area contributed by atoms with E-state index in [4.69, 9.17) is 0 Å². The van der Waals surface area contributed by atoms with Crippen LogP contribution in [0.3, 0.4) is 0 Å². The topological polar surface area (TPSA) is 29.9 Å². The highest BCUT2D eigenvalue weighted by Crippen LogP contribution is 2.14. The lowest BCUT2D eigenvalue weighted by Crippen LogP contribution is -2.15. The van der Waals surface area contributed by atoms with Gasteiger partial charge in [0.1, 0.15) is 4.60 Å². The van der Waals surface area contributed by atoms with Gasteiger partial charge in [-0.3, -0.25) is 4.68 Å². The van der Waals surface area contributed by atoms with E-state index >= 15 is 0 Å². The molecule has 0 spiro atoms. The molecule has 12 heavy (non-hydrogen) atoms. The molecule has 1 unspecified atom stereocenters. The van der Waals surface area contributed by atoms with Gasteiger partial charge in [-0.05, 0) is 47.4 Å². The molecule has 3 nitrogen and oxygen atoms in total. The van der Waals surface area contributed by atoms with Crippen LogP contribution in [0.25, 0.3) is 0 Å². The summed E-state index contributed by atoms with van der Waals surface area (Å²) in [5, 5.41) is 7.57.